The fraction of sp³-hybridized carbons (Fsp3) is 0.500. The van der Waals surface area contributed by atoms with Crippen molar-refractivity contribution in [1.82, 2.24) is 10.3 Å². The first-order valence-corrected chi connectivity index (χ1v) is 7.78. The highest BCUT2D eigenvalue weighted by atomic mass is 32.2. The number of aromatic nitrogens is 1. The lowest BCUT2D eigenvalue weighted by Gasteiger charge is -2.25. The van der Waals surface area contributed by atoms with E-state index in [0.29, 0.717) is 12.1 Å². The number of nitriles is 1. The summed E-state index contributed by atoms with van der Waals surface area (Å²) >= 11 is 0. The fourth-order valence-corrected chi connectivity index (χ4v) is 2.35. The van der Waals surface area contributed by atoms with E-state index in [-0.39, 0.29) is 17.4 Å². The van der Waals surface area contributed by atoms with Gasteiger partial charge in [-0.1, -0.05) is 0 Å². The quantitative estimate of drug-likeness (QED) is 0.835. The van der Waals surface area contributed by atoms with Crippen LogP contribution in [0.5, 0.6) is 0 Å². The molecule has 0 fully saturated rings. The predicted octanol–water partition coefficient (Wildman–Crippen LogP) is 0.829. The van der Waals surface area contributed by atoms with Crippen molar-refractivity contribution >= 4 is 15.7 Å². The molecule has 104 valence electrons. The number of aromatic amines is 1. The van der Waals surface area contributed by atoms with Crippen molar-refractivity contribution in [2.24, 2.45) is 0 Å². The molecule has 1 amide bonds. The van der Waals surface area contributed by atoms with Crippen LogP contribution in [0.1, 0.15) is 36.5 Å². The van der Waals surface area contributed by atoms with Crippen LogP contribution in [0.25, 0.3) is 0 Å². The van der Waals surface area contributed by atoms with Gasteiger partial charge >= 0.3 is 0 Å². The lowest BCUT2D eigenvalue weighted by molar-refractivity contribution is 0.0907. The first-order valence-electron chi connectivity index (χ1n) is 5.72. The molecule has 0 saturated heterocycles. The Hall–Kier alpha value is -1.81. The Kier molecular flexibility index (Phi) is 4.37. The number of carbonyl (C=O) groups excluding carboxylic acids is 1. The molecule has 1 rings (SSSR count). The standard InChI is InChI=1S/C12H17N3O3S/c1-12(2,6-7-19(3,17)18)15-11(16)10-5-4-9(8-13)14-10/h4-5,14H,6-7H2,1-3H3,(H,15,16). The van der Waals surface area contributed by atoms with Gasteiger partial charge in [-0.05, 0) is 32.4 Å². The van der Waals surface area contributed by atoms with E-state index >= 15 is 0 Å². The Morgan fingerprint density at radius 2 is 2.11 bits per heavy atom. The molecule has 0 atom stereocenters. The van der Waals surface area contributed by atoms with Gasteiger partial charge in [0.2, 0.25) is 0 Å². The summed E-state index contributed by atoms with van der Waals surface area (Å²) in [5, 5.41) is 11.4. The van der Waals surface area contributed by atoms with E-state index < -0.39 is 15.4 Å². The minimum atomic E-state index is -3.06. The van der Waals surface area contributed by atoms with E-state index in [1.54, 1.807) is 13.8 Å². The molecule has 19 heavy (non-hydrogen) atoms. The molecule has 6 nitrogen and oxygen atoms in total. The van der Waals surface area contributed by atoms with Gasteiger partial charge in [0.25, 0.3) is 5.91 Å². The van der Waals surface area contributed by atoms with Crippen molar-refractivity contribution in [3.63, 3.8) is 0 Å². The monoisotopic (exact) mass is 283 g/mol. The number of nitrogens with one attached hydrogen (secondary N) is 2. The van der Waals surface area contributed by atoms with Gasteiger partial charge in [0, 0.05) is 11.8 Å². The Bertz CT molecular complexity index is 608. The molecule has 0 aromatic carbocycles. The average molecular weight is 283 g/mol. The average Bonchev–Trinajstić information content (AvgIpc) is 2.74. The van der Waals surface area contributed by atoms with E-state index in [0.717, 1.165) is 6.26 Å². The summed E-state index contributed by atoms with van der Waals surface area (Å²) in [5.74, 6) is -0.353. The maximum absolute atomic E-state index is 11.9. The molecule has 2 N–H and O–H groups in total. The molecule has 0 aliphatic carbocycles. The zero-order valence-electron chi connectivity index (χ0n) is 11.1. The lowest BCUT2D eigenvalue weighted by atomic mass is 10.0. The van der Waals surface area contributed by atoms with Crippen molar-refractivity contribution in [3.05, 3.63) is 23.5 Å². The van der Waals surface area contributed by atoms with Gasteiger partial charge in [-0.15, -0.1) is 0 Å². The van der Waals surface area contributed by atoms with E-state index in [1.165, 1.54) is 12.1 Å². The summed E-state index contributed by atoms with van der Waals surface area (Å²) in [6.45, 7) is 3.51. The highest BCUT2D eigenvalue weighted by Crippen LogP contribution is 2.11. The fourth-order valence-electron chi connectivity index (χ4n) is 1.47. The molecular weight excluding hydrogens is 266 g/mol. The minimum Gasteiger partial charge on any atom is -0.346 e. The summed E-state index contributed by atoms with van der Waals surface area (Å²) in [7, 11) is -3.06. The van der Waals surface area contributed by atoms with Crippen LogP contribution in [0.3, 0.4) is 0 Å². The molecule has 0 aliphatic heterocycles. The van der Waals surface area contributed by atoms with Gasteiger partial charge in [-0.25, -0.2) is 8.42 Å². The van der Waals surface area contributed by atoms with Crippen LogP contribution >= 0.6 is 0 Å². The third kappa shape index (κ3) is 5.14. The number of nitrogens with zero attached hydrogens (tertiary/aromatic N) is 1. The van der Waals surface area contributed by atoms with E-state index in [4.69, 9.17) is 5.26 Å². The Balaban J connectivity index is 2.67. The molecule has 0 spiro atoms. The van der Waals surface area contributed by atoms with Crippen LogP contribution in [0.4, 0.5) is 0 Å². The maximum atomic E-state index is 11.9. The predicted molar refractivity (Wildman–Crippen MR) is 71.4 cm³/mol. The number of rotatable bonds is 5. The first kappa shape index (κ1) is 15.2. The molecule has 0 bridgehead atoms. The van der Waals surface area contributed by atoms with Crippen molar-refractivity contribution in [1.29, 1.82) is 5.26 Å². The number of sulfone groups is 1. The number of hydrogen-bond donors (Lipinski definition) is 2. The molecule has 1 aromatic rings. The van der Waals surface area contributed by atoms with Gasteiger partial charge in [0.1, 0.15) is 27.3 Å². The first-order chi connectivity index (χ1) is 8.63. The Labute approximate surface area is 112 Å². The summed E-state index contributed by atoms with van der Waals surface area (Å²) < 4.78 is 22.2. The third-order valence-corrected chi connectivity index (χ3v) is 3.55. The summed E-state index contributed by atoms with van der Waals surface area (Å²) in [6, 6.07) is 4.92. The highest BCUT2D eigenvalue weighted by molar-refractivity contribution is 7.90. The van der Waals surface area contributed by atoms with Crippen LogP contribution in [-0.2, 0) is 9.84 Å². The van der Waals surface area contributed by atoms with E-state index in [9.17, 15) is 13.2 Å². The molecule has 7 heteroatoms. The Morgan fingerprint density at radius 1 is 1.47 bits per heavy atom. The lowest BCUT2D eigenvalue weighted by Crippen LogP contribution is -2.44. The van der Waals surface area contributed by atoms with Gasteiger partial charge in [-0.3, -0.25) is 4.79 Å². The molecule has 0 aliphatic rings. The molecule has 0 unspecified atom stereocenters. The van der Waals surface area contributed by atoms with Crippen molar-refractivity contribution in [3.8, 4) is 6.07 Å². The zero-order valence-corrected chi connectivity index (χ0v) is 12.0. The van der Waals surface area contributed by atoms with Gasteiger partial charge < -0.3 is 10.3 Å². The largest absolute Gasteiger partial charge is 0.346 e. The van der Waals surface area contributed by atoms with Crippen molar-refractivity contribution in [2.45, 2.75) is 25.8 Å². The van der Waals surface area contributed by atoms with Gasteiger partial charge in [0.05, 0.1) is 5.75 Å². The normalized spacial score (nSPS) is 11.9. The summed E-state index contributed by atoms with van der Waals surface area (Å²) in [5.41, 5.74) is -0.0546. The van der Waals surface area contributed by atoms with Crippen LogP contribution in [0, 0.1) is 11.3 Å². The molecular formula is C12H17N3O3S. The van der Waals surface area contributed by atoms with Crippen LogP contribution in [0.2, 0.25) is 0 Å². The summed E-state index contributed by atoms with van der Waals surface area (Å²) in [6.07, 6.45) is 1.48. The van der Waals surface area contributed by atoms with E-state index in [1.807, 2.05) is 6.07 Å². The SMILES string of the molecule is CC(C)(CCS(C)(=O)=O)NC(=O)c1ccc(C#N)[nH]1. The molecule has 1 heterocycles. The number of H-pyrrole nitrogens is 1. The Morgan fingerprint density at radius 3 is 2.58 bits per heavy atom. The van der Waals surface area contributed by atoms with E-state index in [2.05, 4.69) is 10.3 Å². The zero-order chi connectivity index (χ0) is 14.7. The minimum absolute atomic E-state index is 0.00838. The summed E-state index contributed by atoms with van der Waals surface area (Å²) in [4.78, 5) is 14.6. The second kappa shape index (κ2) is 5.45. The number of hydrogen-bond acceptors (Lipinski definition) is 4. The van der Waals surface area contributed by atoms with Crippen molar-refractivity contribution < 1.29 is 13.2 Å². The third-order valence-electron chi connectivity index (χ3n) is 2.60. The number of carbonyl (C=O) groups is 1. The second-order valence-corrected chi connectivity index (χ2v) is 7.38. The van der Waals surface area contributed by atoms with Gasteiger partial charge in [-0.2, -0.15) is 5.26 Å². The number of amides is 1. The molecule has 0 saturated carbocycles. The maximum Gasteiger partial charge on any atom is 0.268 e. The van der Waals surface area contributed by atoms with Crippen LogP contribution in [-0.4, -0.2) is 36.9 Å². The van der Waals surface area contributed by atoms with Crippen LogP contribution in [0.15, 0.2) is 12.1 Å². The molecule has 1 aromatic heterocycles. The second-order valence-electron chi connectivity index (χ2n) is 5.12. The van der Waals surface area contributed by atoms with Crippen LogP contribution < -0.4 is 5.32 Å². The van der Waals surface area contributed by atoms with Gasteiger partial charge in [0.15, 0.2) is 0 Å². The highest BCUT2D eigenvalue weighted by Gasteiger charge is 2.23. The topological polar surface area (TPSA) is 103 Å². The molecule has 0 radical (unpaired) electrons. The smallest absolute Gasteiger partial charge is 0.268 e. The van der Waals surface area contributed by atoms with Crippen molar-refractivity contribution in [2.75, 3.05) is 12.0 Å².